The number of hydrogen-bond donors (Lipinski definition) is 2. The van der Waals surface area contributed by atoms with Gasteiger partial charge < -0.3 is 10.4 Å². The van der Waals surface area contributed by atoms with Gasteiger partial charge >= 0.3 is 6.18 Å². The van der Waals surface area contributed by atoms with Crippen molar-refractivity contribution in [3.05, 3.63) is 70.8 Å². The zero-order valence-corrected chi connectivity index (χ0v) is 15.4. The van der Waals surface area contributed by atoms with E-state index in [2.05, 4.69) is 19.2 Å². The van der Waals surface area contributed by atoms with Crippen LogP contribution in [0.2, 0.25) is 0 Å². The van der Waals surface area contributed by atoms with Gasteiger partial charge in [-0.15, -0.1) is 0 Å². The second-order valence-corrected chi connectivity index (χ2v) is 7.00. The lowest BCUT2D eigenvalue weighted by atomic mass is 10.0. The van der Waals surface area contributed by atoms with Gasteiger partial charge in [0.1, 0.15) is 0 Å². The van der Waals surface area contributed by atoms with Gasteiger partial charge in [-0.25, -0.2) is 0 Å². The van der Waals surface area contributed by atoms with Crippen LogP contribution in [0.4, 0.5) is 13.2 Å². The second-order valence-electron chi connectivity index (χ2n) is 7.00. The van der Waals surface area contributed by atoms with Gasteiger partial charge in [-0.1, -0.05) is 56.3 Å². The largest absolute Gasteiger partial charge is 0.416 e. The smallest absolute Gasteiger partial charge is 0.387 e. The molecule has 1 amide bonds. The molecule has 0 spiro atoms. The lowest BCUT2D eigenvalue weighted by Gasteiger charge is -2.18. The topological polar surface area (TPSA) is 49.3 Å². The maximum Gasteiger partial charge on any atom is 0.416 e. The summed E-state index contributed by atoms with van der Waals surface area (Å²) < 4.78 is 39.0. The second kappa shape index (κ2) is 9.04. The van der Waals surface area contributed by atoms with Crippen LogP contribution in [-0.2, 0) is 23.8 Å². The number of aliphatic hydroxyl groups excluding tert-OH is 1. The molecule has 2 N–H and O–H groups in total. The Morgan fingerprint density at radius 1 is 1.04 bits per heavy atom. The summed E-state index contributed by atoms with van der Waals surface area (Å²) in [7, 11) is 0. The number of carbonyl (C=O) groups is 1. The first-order chi connectivity index (χ1) is 12.7. The van der Waals surface area contributed by atoms with E-state index in [1.165, 1.54) is 23.8 Å². The fraction of sp³-hybridized carbons (Fsp3) is 0.381. The summed E-state index contributed by atoms with van der Waals surface area (Å²) in [5, 5.41) is 12.6. The number of alkyl halides is 3. The van der Waals surface area contributed by atoms with E-state index < -0.39 is 17.8 Å². The molecule has 2 aromatic rings. The van der Waals surface area contributed by atoms with E-state index >= 15 is 0 Å². The average molecular weight is 379 g/mol. The van der Waals surface area contributed by atoms with Gasteiger partial charge in [0, 0.05) is 6.54 Å². The molecule has 0 aliphatic carbocycles. The molecule has 1 unspecified atom stereocenters. The van der Waals surface area contributed by atoms with E-state index in [1.54, 1.807) is 0 Å². The van der Waals surface area contributed by atoms with Crippen molar-refractivity contribution < 1.29 is 23.1 Å². The molecule has 2 aromatic carbocycles. The number of carbonyl (C=O) groups excluding carboxylic acids is 1. The maximum absolute atomic E-state index is 13.0. The normalized spacial score (nSPS) is 12.9. The van der Waals surface area contributed by atoms with Gasteiger partial charge in [-0.05, 0) is 35.1 Å². The van der Waals surface area contributed by atoms with Crippen LogP contribution in [0.25, 0.3) is 0 Å². The van der Waals surface area contributed by atoms with Gasteiger partial charge in [0.05, 0.1) is 18.1 Å². The maximum atomic E-state index is 13.0. The number of nitrogens with one attached hydrogen (secondary N) is 1. The molecule has 0 heterocycles. The first kappa shape index (κ1) is 21.0. The molecule has 0 aliphatic rings. The van der Waals surface area contributed by atoms with E-state index in [0.29, 0.717) is 5.92 Å². The minimum Gasteiger partial charge on any atom is -0.387 e. The molecule has 0 aliphatic heterocycles. The summed E-state index contributed by atoms with van der Waals surface area (Å²) in [6, 6.07) is 12.5. The van der Waals surface area contributed by atoms with Gasteiger partial charge in [0.2, 0.25) is 5.91 Å². The fourth-order valence-corrected chi connectivity index (χ4v) is 2.88. The monoisotopic (exact) mass is 379 g/mol. The molecule has 0 saturated carbocycles. The molecule has 27 heavy (non-hydrogen) atoms. The van der Waals surface area contributed by atoms with Gasteiger partial charge in [-0.3, -0.25) is 4.79 Å². The van der Waals surface area contributed by atoms with Gasteiger partial charge in [0.25, 0.3) is 0 Å². The quantitative estimate of drug-likeness (QED) is 0.754. The summed E-state index contributed by atoms with van der Waals surface area (Å²) in [5.74, 6) is 0.190. The Balaban J connectivity index is 1.92. The predicted molar refractivity (Wildman–Crippen MR) is 98.1 cm³/mol. The number of aliphatic hydroxyl groups is 1. The predicted octanol–water partition coefficient (Wildman–Crippen LogP) is 4.30. The van der Waals surface area contributed by atoms with Crippen LogP contribution >= 0.6 is 0 Å². The summed E-state index contributed by atoms with van der Waals surface area (Å²) in [4.78, 5) is 12.0. The molecule has 0 aromatic heterocycles. The molecule has 6 heteroatoms. The van der Waals surface area contributed by atoms with Crippen LogP contribution in [-0.4, -0.2) is 17.6 Å². The highest BCUT2D eigenvalue weighted by molar-refractivity contribution is 5.78. The zero-order chi connectivity index (χ0) is 20.0. The number of halogens is 3. The van der Waals surface area contributed by atoms with Crippen molar-refractivity contribution in [1.82, 2.24) is 5.32 Å². The Morgan fingerprint density at radius 2 is 1.63 bits per heavy atom. The summed E-state index contributed by atoms with van der Waals surface area (Å²) in [6.45, 7) is 3.98. The number of benzene rings is 2. The Morgan fingerprint density at radius 3 is 2.22 bits per heavy atom. The lowest BCUT2D eigenvalue weighted by Crippen LogP contribution is -2.30. The molecule has 0 bridgehead atoms. The van der Waals surface area contributed by atoms with E-state index in [1.807, 2.05) is 24.3 Å². The Labute approximate surface area is 157 Å². The summed E-state index contributed by atoms with van der Waals surface area (Å²) in [5.41, 5.74) is 0.856. The average Bonchev–Trinajstić information content (AvgIpc) is 2.60. The Kier molecular flexibility index (Phi) is 7.02. The third-order valence-corrected chi connectivity index (χ3v) is 4.15. The molecule has 0 radical (unpaired) electrons. The SMILES string of the molecule is CC(C)Cc1ccc(CC(=O)NCC(O)c2ccccc2C(F)(F)F)cc1. The molecular formula is C21H24F3NO2. The molecule has 1 atom stereocenters. The first-order valence-corrected chi connectivity index (χ1v) is 8.85. The van der Waals surface area contributed by atoms with Crippen molar-refractivity contribution in [2.75, 3.05) is 6.54 Å². The van der Waals surface area contributed by atoms with Crippen molar-refractivity contribution in [3.8, 4) is 0 Å². The van der Waals surface area contributed by atoms with E-state index in [-0.39, 0.29) is 24.4 Å². The number of hydrogen-bond acceptors (Lipinski definition) is 2. The van der Waals surface area contributed by atoms with Crippen LogP contribution in [0.5, 0.6) is 0 Å². The molecule has 0 fully saturated rings. The van der Waals surface area contributed by atoms with E-state index in [9.17, 15) is 23.1 Å². The third-order valence-electron chi connectivity index (χ3n) is 4.15. The van der Waals surface area contributed by atoms with Gasteiger partial charge in [-0.2, -0.15) is 13.2 Å². The highest BCUT2D eigenvalue weighted by Gasteiger charge is 2.34. The summed E-state index contributed by atoms with van der Waals surface area (Å²) in [6.07, 6.45) is -4.92. The van der Waals surface area contributed by atoms with Gasteiger partial charge in [0.15, 0.2) is 0 Å². The first-order valence-electron chi connectivity index (χ1n) is 8.85. The minimum atomic E-state index is -4.56. The Hall–Kier alpha value is -2.34. The van der Waals surface area contributed by atoms with Crippen LogP contribution in [0.3, 0.4) is 0 Å². The molecular weight excluding hydrogens is 355 g/mol. The molecule has 146 valence electrons. The fourth-order valence-electron chi connectivity index (χ4n) is 2.88. The highest BCUT2D eigenvalue weighted by Crippen LogP contribution is 2.34. The van der Waals surface area contributed by atoms with Crippen LogP contribution < -0.4 is 5.32 Å². The number of amides is 1. The van der Waals surface area contributed by atoms with E-state index in [0.717, 1.165) is 18.1 Å². The van der Waals surface area contributed by atoms with E-state index in [4.69, 9.17) is 0 Å². The van der Waals surface area contributed by atoms with Crippen molar-refractivity contribution in [2.45, 2.75) is 39.0 Å². The highest BCUT2D eigenvalue weighted by atomic mass is 19.4. The molecule has 2 rings (SSSR count). The lowest BCUT2D eigenvalue weighted by molar-refractivity contribution is -0.139. The van der Waals surface area contributed by atoms with Crippen LogP contribution in [0, 0.1) is 5.92 Å². The molecule has 3 nitrogen and oxygen atoms in total. The van der Waals surface area contributed by atoms with Crippen molar-refractivity contribution >= 4 is 5.91 Å². The van der Waals surface area contributed by atoms with Crippen molar-refractivity contribution in [3.63, 3.8) is 0 Å². The Bertz CT molecular complexity index is 755. The van der Waals surface area contributed by atoms with Crippen molar-refractivity contribution in [2.24, 2.45) is 5.92 Å². The summed E-state index contributed by atoms with van der Waals surface area (Å²) >= 11 is 0. The minimum absolute atomic E-state index is 0.107. The van der Waals surface area contributed by atoms with Crippen molar-refractivity contribution in [1.29, 1.82) is 0 Å². The third kappa shape index (κ3) is 6.40. The number of rotatable bonds is 7. The standard InChI is InChI=1S/C21H24F3NO2/c1-14(2)11-15-7-9-16(10-8-15)12-20(27)25-13-19(26)17-5-3-4-6-18(17)21(22,23)24/h3-10,14,19,26H,11-13H2,1-2H3,(H,25,27). The zero-order valence-electron chi connectivity index (χ0n) is 15.4. The van der Waals surface area contributed by atoms with Crippen LogP contribution in [0.15, 0.2) is 48.5 Å². The van der Waals surface area contributed by atoms with Crippen LogP contribution in [0.1, 0.15) is 42.2 Å². The molecule has 0 saturated heterocycles.